The summed E-state index contributed by atoms with van der Waals surface area (Å²) in [6, 6.07) is 0.943. The quantitative estimate of drug-likeness (QED) is 0.825. The Kier molecular flexibility index (Phi) is 4.53. The minimum atomic E-state index is -0.645. The first-order chi connectivity index (χ1) is 7.77. The molecule has 0 aromatic rings. The average molecular weight is 243 g/mol. The fourth-order valence-electron chi connectivity index (χ4n) is 2.94. The second-order valence-corrected chi connectivity index (χ2v) is 6.01. The summed E-state index contributed by atoms with van der Waals surface area (Å²) in [5.74, 6) is 1.53. The molecule has 0 bridgehead atoms. The van der Waals surface area contributed by atoms with E-state index in [-0.39, 0.29) is 6.04 Å². The van der Waals surface area contributed by atoms with Crippen LogP contribution in [0.4, 0.5) is 0 Å². The van der Waals surface area contributed by atoms with Crippen LogP contribution in [0.15, 0.2) is 0 Å². The third-order valence-corrected chi connectivity index (χ3v) is 4.82. The van der Waals surface area contributed by atoms with Gasteiger partial charge >= 0.3 is 5.97 Å². The molecule has 1 atom stereocenters. The molecule has 1 aliphatic heterocycles. The Morgan fingerprint density at radius 1 is 1.31 bits per heavy atom. The van der Waals surface area contributed by atoms with Crippen molar-refractivity contribution in [1.82, 2.24) is 4.90 Å². The molecule has 2 rings (SSSR count). The van der Waals surface area contributed by atoms with E-state index in [2.05, 4.69) is 4.90 Å². The van der Waals surface area contributed by atoms with Crippen molar-refractivity contribution >= 4 is 17.7 Å². The normalized spacial score (nSPS) is 29.1. The van der Waals surface area contributed by atoms with Crippen LogP contribution in [-0.4, -0.2) is 46.1 Å². The molecule has 1 heterocycles. The summed E-state index contributed by atoms with van der Waals surface area (Å²) in [7, 11) is 0. The van der Waals surface area contributed by atoms with Gasteiger partial charge in [-0.2, -0.15) is 11.8 Å². The van der Waals surface area contributed by atoms with Gasteiger partial charge in [0, 0.05) is 30.1 Å². The minimum Gasteiger partial charge on any atom is -0.481 e. The third-order valence-electron chi connectivity index (χ3n) is 3.73. The van der Waals surface area contributed by atoms with Gasteiger partial charge in [0.25, 0.3) is 0 Å². The number of hydrogen-bond donors (Lipinski definition) is 1. The molecule has 2 aliphatic rings. The highest BCUT2D eigenvalue weighted by Crippen LogP contribution is 2.29. The maximum atomic E-state index is 10.9. The second-order valence-electron chi connectivity index (χ2n) is 4.86. The van der Waals surface area contributed by atoms with Gasteiger partial charge in [-0.3, -0.25) is 9.69 Å². The molecular formula is C12H21NO2S. The lowest BCUT2D eigenvalue weighted by Gasteiger charge is -2.42. The molecule has 0 amide bonds. The number of carbonyl (C=O) groups is 1. The van der Waals surface area contributed by atoms with Crippen LogP contribution in [0.5, 0.6) is 0 Å². The molecule has 1 saturated heterocycles. The second kappa shape index (κ2) is 5.92. The minimum absolute atomic E-state index is 0.277. The van der Waals surface area contributed by atoms with E-state index in [1.165, 1.54) is 37.9 Å². The zero-order valence-corrected chi connectivity index (χ0v) is 10.5. The maximum absolute atomic E-state index is 10.9. The van der Waals surface area contributed by atoms with Crippen LogP contribution in [0.1, 0.15) is 38.5 Å². The van der Waals surface area contributed by atoms with E-state index in [4.69, 9.17) is 5.11 Å². The molecule has 0 aromatic carbocycles. The van der Waals surface area contributed by atoms with Gasteiger partial charge in [-0.1, -0.05) is 19.3 Å². The summed E-state index contributed by atoms with van der Waals surface area (Å²) in [4.78, 5) is 13.3. The van der Waals surface area contributed by atoms with Crippen LogP contribution < -0.4 is 0 Å². The number of rotatable bonds is 3. The molecule has 16 heavy (non-hydrogen) atoms. The Hall–Kier alpha value is -0.220. The zero-order valence-electron chi connectivity index (χ0n) is 9.73. The van der Waals surface area contributed by atoms with Gasteiger partial charge in [0.2, 0.25) is 0 Å². The Bertz CT molecular complexity index is 241. The Labute approximate surface area is 102 Å². The Morgan fingerprint density at radius 2 is 2.06 bits per heavy atom. The lowest BCUT2D eigenvalue weighted by molar-refractivity contribution is -0.138. The van der Waals surface area contributed by atoms with Crippen LogP contribution in [0.2, 0.25) is 0 Å². The molecule has 1 unspecified atom stereocenters. The SMILES string of the molecule is O=C(O)CC1CSCCN1C1CCCCC1. The zero-order chi connectivity index (χ0) is 11.4. The van der Waals surface area contributed by atoms with E-state index < -0.39 is 5.97 Å². The topological polar surface area (TPSA) is 40.5 Å². The lowest BCUT2D eigenvalue weighted by atomic mass is 9.93. The Balaban J connectivity index is 1.94. The fourth-order valence-corrected chi connectivity index (χ4v) is 4.03. The van der Waals surface area contributed by atoms with E-state index in [1.807, 2.05) is 11.8 Å². The predicted octanol–water partition coefficient (Wildman–Crippen LogP) is 2.21. The summed E-state index contributed by atoms with van der Waals surface area (Å²) in [6.45, 7) is 1.09. The van der Waals surface area contributed by atoms with Crippen LogP contribution in [0.25, 0.3) is 0 Å². The number of thioether (sulfide) groups is 1. The third kappa shape index (κ3) is 3.14. The van der Waals surface area contributed by atoms with Crippen LogP contribution in [0.3, 0.4) is 0 Å². The van der Waals surface area contributed by atoms with Gasteiger partial charge < -0.3 is 5.11 Å². The van der Waals surface area contributed by atoms with Crippen LogP contribution in [0, 0.1) is 0 Å². The van der Waals surface area contributed by atoms with Crippen molar-refractivity contribution in [3.8, 4) is 0 Å². The monoisotopic (exact) mass is 243 g/mol. The molecule has 2 fully saturated rings. The molecule has 4 heteroatoms. The van der Waals surface area contributed by atoms with Crippen molar-refractivity contribution in [3.63, 3.8) is 0 Å². The molecule has 1 saturated carbocycles. The number of nitrogens with zero attached hydrogens (tertiary/aromatic N) is 1. The van der Waals surface area contributed by atoms with Gasteiger partial charge in [-0.25, -0.2) is 0 Å². The summed E-state index contributed by atoms with van der Waals surface area (Å²) in [5.41, 5.74) is 0. The van der Waals surface area contributed by atoms with Crippen molar-refractivity contribution in [2.45, 2.75) is 50.6 Å². The first kappa shape index (κ1) is 12.2. The highest BCUT2D eigenvalue weighted by molar-refractivity contribution is 7.99. The van der Waals surface area contributed by atoms with Crippen LogP contribution in [-0.2, 0) is 4.79 Å². The van der Waals surface area contributed by atoms with Crippen LogP contribution >= 0.6 is 11.8 Å². The van der Waals surface area contributed by atoms with E-state index in [9.17, 15) is 4.79 Å². The highest BCUT2D eigenvalue weighted by atomic mass is 32.2. The molecule has 1 aliphatic carbocycles. The van der Waals surface area contributed by atoms with E-state index >= 15 is 0 Å². The highest BCUT2D eigenvalue weighted by Gasteiger charge is 2.31. The largest absolute Gasteiger partial charge is 0.481 e. The van der Waals surface area contributed by atoms with Crippen molar-refractivity contribution in [1.29, 1.82) is 0 Å². The summed E-state index contributed by atoms with van der Waals surface area (Å²) in [5, 5.41) is 8.95. The molecule has 3 nitrogen and oxygen atoms in total. The predicted molar refractivity (Wildman–Crippen MR) is 66.9 cm³/mol. The number of carboxylic acid groups (broad SMARTS) is 1. The lowest BCUT2D eigenvalue weighted by Crippen LogP contribution is -2.49. The van der Waals surface area contributed by atoms with E-state index in [0.29, 0.717) is 12.5 Å². The number of carboxylic acids is 1. The standard InChI is InChI=1S/C12H21NO2S/c14-12(15)8-11-9-16-7-6-13(11)10-4-2-1-3-5-10/h10-11H,1-9H2,(H,14,15). The van der Waals surface area contributed by atoms with Crippen molar-refractivity contribution < 1.29 is 9.90 Å². The van der Waals surface area contributed by atoms with Gasteiger partial charge in [0.1, 0.15) is 0 Å². The van der Waals surface area contributed by atoms with Crippen molar-refractivity contribution in [2.75, 3.05) is 18.1 Å². The van der Waals surface area contributed by atoms with Crippen molar-refractivity contribution in [3.05, 3.63) is 0 Å². The molecule has 92 valence electrons. The summed E-state index contributed by atoms with van der Waals surface area (Å²) in [6.07, 6.45) is 6.90. The maximum Gasteiger partial charge on any atom is 0.304 e. The average Bonchev–Trinajstić information content (AvgIpc) is 2.30. The van der Waals surface area contributed by atoms with E-state index in [0.717, 1.165) is 12.3 Å². The molecule has 0 radical (unpaired) electrons. The summed E-state index contributed by atoms with van der Waals surface area (Å²) >= 11 is 1.91. The van der Waals surface area contributed by atoms with E-state index in [1.54, 1.807) is 0 Å². The first-order valence-corrected chi connectivity index (χ1v) is 7.48. The first-order valence-electron chi connectivity index (χ1n) is 6.32. The van der Waals surface area contributed by atoms with Gasteiger partial charge in [0.05, 0.1) is 6.42 Å². The van der Waals surface area contributed by atoms with Gasteiger partial charge in [-0.15, -0.1) is 0 Å². The molecule has 1 N–H and O–H groups in total. The van der Waals surface area contributed by atoms with Gasteiger partial charge in [-0.05, 0) is 12.8 Å². The Morgan fingerprint density at radius 3 is 2.75 bits per heavy atom. The van der Waals surface area contributed by atoms with Crippen molar-refractivity contribution in [2.24, 2.45) is 0 Å². The number of aliphatic carboxylic acids is 1. The number of hydrogen-bond acceptors (Lipinski definition) is 3. The van der Waals surface area contributed by atoms with Gasteiger partial charge in [0.15, 0.2) is 0 Å². The fraction of sp³-hybridized carbons (Fsp3) is 0.917. The smallest absolute Gasteiger partial charge is 0.304 e. The molecular weight excluding hydrogens is 222 g/mol. The molecule has 0 aromatic heterocycles. The molecule has 0 spiro atoms. The summed E-state index contributed by atoms with van der Waals surface area (Å²) < 4.78 is 0.